The van der Waals surface area contributed by atoms with E-state index in [1.54, 1.807) is 0 Å². The number of hydrogen-bond donors (Lipinski definition) is 1. The van der Waals surface area contributed by atoms with Crippen LogP contribution >= 0.6 is 11.3 Å². The standard InChI is InChI=1S/C30H30F4N8OS/c1-35-29-39-24-18(5-6-20(32)25(24)44-29)22-21(26(33)34)23-19(10-36-22)27(41-12-16-3-4-17(13-41)37-16)40-28(38-23)43-14-30-7-2-8-42(30)11-15(31)9-30/h5-6,10,15-17,26,37H,1-4,7-9,11-14H2/t15-,16+,17?,30+/m0/s1. The van der Waals surface area contributed by atoms with Crippen LogP contribution in [0.3, 0.4) is 0 Å². The molecule has 3 aromatic heterocycles. The molecule has 7 heterocycles. The van der Waals surface area contributed by atoms with E-state index >= 15 is 8.78 Å². The first kappa shape index (κ1) is 28.0. The van der Waals surface area contributed by atoms with Crippen LogP contribution in [0, 0.1) is 5.82 Å². The third kappa shape index (κ3) is 4.52. The van der Waals surface area contributed by atoms with Gasteiger partial charge in [0.25, 0.3) is 6.43 Å². The molecule has 4 saturated heterocycles. The fourth-order valence-electron chi connectivity index (χ4n) is 7.64. The van der Waals surface area contributed by atoms with Crippen molar-refractivity contribution < 1.29 is 22.3 Å². The number of piperazine rings is 1. The molecule has 1 N–H and O–H groups in total. The summed E-state index contributed by atoms with van der Waals surface area (Å²) in [7, 11) is 0. The van der Waals surface area contributed by atoms with E-state index in [0.717, 1.165) is 43.6 Å². The molecular formula is C30H30F4N8OS. The van der Waals surface area contributed by atoms with Crippen molar-refractivity contribution in [2.45, 2.75) is 62.3 Å². The number of fused-ring (bicyclic) bond motifs is 5. The van der Waals surface area contributed by atoms with Gasteiger partial charge in [-0.3, -0.25) is 9.88 Å². The minimum Gasteiger partial charge on any atom is -0.461 e. The minimum atomic E-state index is -2.97. The Labute approximate surface area is 254 Å². The van der Waals surface area contributed by atoms with Crippen LogP contribution < -0.4 is 15.0 Å². The highest BCUT2D eigenvalue weighted by molar-refractivity contribution is 7.22. The normalized spacial score (nSPS) is 26.8. The number of benzene rings is 1. The molecule has 0 aliphatic carbocycles. The Morgan fingerprint density at radius 3 is 2.73 bits per heavy atom. The molecule has 14 heteroatoms. The lowest BCUT2D eigenvalue weighted by molar-refractivity contribution is 0.107. The molecule has 44 heavy (non-hydrogen) atoms. The van der Waals surface area contributed by atoms with E-state index in [2.05, 4.69) is 41.8 Å². The molecule has 4 atom stereocenters. The molecule has 0 radical (unpaired) electrons. The lowest BCUT2D eigenvalue weighted by atomic mass is 9.95. The maximum absolute atomic E-state index is 15.1. The van der Waals surface area contributed by atoms with E-state index in [4.69, 9.17) is 9.72 Å². The van der Waals surface area contributed by atoms with Crippen LogP contribution in [0.1, 0.15) is 44.1 Å². The van der Waals surface area contributed by atoms with Gasteiger partial charge >= 0.3 is 6.01 Å². The van der Waals surface area contributed by atoms with Gasteiger partial charge in [-0.05, 0) is 51.1 Å². The molecule has 0 saturated carbocycles. The van der Waals surface area contributed by atoms with Crippen molar-refractivity contribution in [3.63, 3.8) is 0 Å². The van der Waals surface area contributed by atoms with E-state index in [0.29, 0.717) is 37.3 Å². The Morgan fingerprint density at radius 2 is 1.95 bits per heavy atom. The van der Waals surface area contributed by atoms with Crippen LogP contribution in [-0.4, -0.2) is 88.1 Å². The van der Waals surface area contributed by atoms with Gasteiger partial charge in [0.05, 0.1) is 37.9 Å². The van der Waals surface area contributed by atoms with Gasteiger partial charge in [0.1, 0.15) is 24.4 Å². The molecule has 4 aromatic rings. The number of alkyl halides is 3. The Morgan fingerprint density at radius 1 is 1.14 bits per heavy atom. The summed E-state index contributed by atoms with van der Waals surface area (Å²) in [6.07, 6.45) is 1.75. The molecule has 0 amide bonds. The van der Waals surface area contributed by atoms with Gasteiger partial charge in [-0.1, -0.05) is 11.3 Å². The second-order valence-corrected chi connectivity index (χ2v) is 13.2. The average molecular weight is 627 g/mol. The van der Waals surface area contributed by atoms with Gasteiger partial charge in [0.15, 0.2) is 0 Å². The number of anilines is 1. The molecule has 9 nitrogen and oxygen atoms in total. The largest absolute Gasteiger partial charge is 0.461 e. The van der Waals surface area contributed by atoms with E-state index in [9.17, 15) is 8.78 Å². The maximum Gasteiger partial charge on any atom is 0.319 e. The molecule has 4 fully saturated rings. The number of nitrogens with one attached hydrogen (secondary N) is 1. The first-order chi connectivity index (χ1) is 21.3. The number of hydrogen-bond acceptors (Lipinski definition) is 10. The van der Waals surface area contributed by atoms with Crippen LogP contribution in [0.4, 0.5) is 28.5 Å². The Bertz CT molecular complexity index is 1780. The van der Waals surface area contributed by atoms with Gasteiger partial charge in [-0.25, -0.2) is 27.5 Å². The zero-order valence-electron chi connectivity index (χ0n) is 23.8. The molecule has 1 unspecified atom stereocenters. The van der Waals surface area contributed by atoms with Crippen molar-refractivity contribution in [1.29, 1.82) is 0 Å². The lowest BCUT2D eigenvalue weighted by Gasteiger charge is -2.34. The van der Waals surface area contributed by atoms with Crippen molar-refractivity contribution in [2.75, 3.05) is 37.7 Å². The summed E-state index contributed by atoms with van der Waals surface area (Å²) in [4.78, 5) is 26.2. The predicted molar refractivity (Wildman–Crippen MR) is 161 cm³/mol. The lowest BCUT2D eigenvalue weighted by Crippen LogP contribution is -2.51. The van der Waals surface area contributed by atoms with Crippen molar-refractivity contribution >= 4 is 50.1 Å². The Hall–Kier alpha value is -3.49. The van der Waals surface area contributed by atoms with E-state index in [1.807, 2.05) is 0 Å². The van der Waals surface area contributed by atoms with E-state index < -0.39 is 29.5 Å². The van der Waals surface area contributed by atoms with Crippen LogP contribution in [0.15, 0.2) is 23.3 Å². The number of aromatic nitrogens is 4. The predicted octanol–water partition coefficient (Wildman–Crippen LogP) is 5.61. The van der Waals surface area contributed by atoms with Crippen LogP contribution in [-0.2, 0) is 0 Å². The number of pyridine rings is 1. The number of rotatable bonds is 7. The zero-order valence-corrected chi connectivity index (χ0v) is 24.6. The molecular weight excluding hydrogens is 596 g/mol. The summed E-state index contributed by atoms with van der Waals surface area (Å²) < 4.78 is 65.9. The molecule has 2 bridgehead atoms. The summed E-state index contributed by atoms with van der Waals surface area (Å²) in [5.41, 5.74) is -0.478. The highest BCUT2D eigenvalue weighted by atomic mass is 32.1. The minimum absolute atomic E-state index is 0.0150. The number of nitrogens with zero attached hydrogens (tertiary/aromatic N) is 7. The topological polar surface area (TPSA) is 91.7 Å². The van der Waals surface area contributed by atoms with Gasteiger partial charge in [-0.2, -0.15) is 9.97 Å². The van der Waals surface area contributed by atoms with Gasteiger partial charge < -0.3 is 15.0 Å². The fraction of sp³-hybridized carbons (Fsp3) is 0.500. The van der Waals surface area contributed by atoms with Crippen LogP contribution in [0.2, 0.25) is 0 Å². The average Bonchev–Trinajstić information content (AvgIpc) is 3.77. The second kappa shape index (κ2) is 10.6. The third-order valence-corrected chi connectivity index (χ3v) is 10.6. The number of halogens is 4. The monoisotopic (exact) mass is 626 g/mol. The third-order valence-electron chi connectivity index (χ3n) is 9.58. The maximum atomic E-state index is 15.1. The highest BCUT2D eigenvalue weighted by Gasteiger charge is 2.49. The van der Waals surface area contributed by atoms with E-state index in [-0.39, 0.29) is 56.8 Å². The number of thiazole rings is 1. The molecule has 4 aliphatic heterocycles. The molecule has 230 valence electrons. The highest BCUT2D eigenvalue weighted by Crippen LogP contribution is 2.44. The zero-order chi connectivity index (χ0) is 30.2. The van der Waals surface area contributed by atoms with Crippen molar-refractivity contribution in [1.82, 2.24) is 30.2 Å². The second-order valence-electron chi connectivity index (χ2n) is 12.2. The van der Waals surface area contributed by atoms with E-state index in [1.165, 1.54) is 18.3 Å². The summed E-state index contributed by atoms with van der Waals surface area (Å²) in [6.45, 7) is 6.12. The van der Waals surface area contributed by atoms with Crippen molar-refractivity contribution in [3.8, 4) is 17.3 Å². The van der Waals surface area contributed by atoms with Gasteiger partial charge in [0, 0.05) is 49.9 Å². The summed E-state index contributed by atoms with van der Waals surface area (Å²) in [6, 6.07) is 3.12. The van der Waals surface area contributed by atoms with Gasteiger partial charge in [0.2, 0.25) is 5.13 Å². The van der Waals surface area contributed by atoms with Crippen LogP contribution in [0.25, 0.3) is 32.4 Å². The van der Waals surface area contributed by atoms with Crippen molar-refractivity contribution in [3.05, 3.63) is 29.7 Å². The fourth-order valence-corrected chi connectivity index (χ4v) is 8.44. The molecule has 4 aliphatic rings. The van der Waals surface area contributed by atoms with Crippen molar-refractivity contribution in [2.24, 2.45) is 4.99 Å². The first-order valence-electron chi connectivity index (χ1n) is 14.9. The first-order valence-corrected chi connectivity index (χ1v) is 15.7. The Kier molecular flexibility index (Phi) is 6.72. The quantitative estimate of drug-likeness (QED) is 0.209. The number of ether oxygens (including phenoxy) is 1. The van der Waals surface area contributed by atoms with Crippen LogP contribution in [0.5, 0.6) is 6.01 Å². The summed E-state index contributed by atoms with van der Waals surface area (Å²) >= 11 is 0.987. The number of aliphatic imine (C=N–C) groups is 1. The SMILES string of the molecule is C=Nc1nc2c(-c3ncc4c(N5CC6CC[C@H](C5)N6)nc(OC[C@]56CCCN5C[C@@H](F)C6)nc4c3C(F)F)ccc(F)c2s1. The molecule has 1 aromatic carbocycles. The summed E-state index contributed by atoms with van der Waals surface area (Å²) in [5, 5.41) is 4.20. The molecule has 8 rings (SSSR count). The smallest absolute Gasteiger partial charge is 0.319 e. The summed E-state index contributed by atoms with van der Waals surface area (Å²) in [5.74, 6) is -0.0529. The molecule has 0 spiro atoms. The Balaban J connectivity index is 1.28. The van der Waals surface area contributed by atoms with Gasteiger partial charge in [-0.15, -0.1) is 0 Å².